The van der Waals surface area contributed by atoms with Crippen LogP contribution in [-0.4, -0.2) is 59.2 Å². The van der Waals surface area contributed by atoms with Crippen molar-refractivity contribution in [3.05, 3.63) is 47.7 Å². The lowest BCUT2D eigenvalue weighted by Crippen LogP contribution is -2.38. The minimum atomic E-state index is 0.0943. The van der Waals surface area contributed by atoms with Crippen molar-refractivity contribution in [3.63, 3.8) is 0 Å². The zero-order valence-electron chi connectivity index (χ0n) is 14.9. The monoisotopic (exact) mass is 343 g/mol. The molecule has 0 bridgehead atoms. The van der Waals surface area contributed by atoms with Gasteiger partial charge in [-0.05, 0) is 31.2 Å². The first-order chi connectivity index (χ1) is 12.1. The van der Waals surface area contributed by atoms with E-state index in [1.165, 1.54) is 0 Å². The molecule has 6 nitrogen and oxygen atoms in total. The summed E-state index contributed by atoms with van der Waals surface area (Å²) in [6, 6.07) is 7.83. The minimum absolute atomic E-state index is 0.0943. The molecular weight excluding hydrogens is 318 g/mol. The van der Waals surface area contributed by atoms with Crippen LogP contribution in [0.1, 0.15) is 22.0 Å². The van der Waals surface area contributed by atoms with Crippen LogP contribution in [0, 0.1) is 12.8 Å². The van der Waals surface area contributed by atoms with Crippen LogP contribution in [0.4, 0.5) is 0 Å². The summed E-state index contributed by atoms with van der Waals surface area (Å²) in [5, 5.41) is 0. The number of rotatable bonds is 3. The van der Waals surface area contributed by atoms with Crippen molar-refractivity contribution in [2.45, 2.75) is 19.6 Å². The molecule has 2 aromatic rings. The van der Waals surface area contributed by atoms with Gasteiger partial charge in [-0.1, -0.05) is 0 Å². The topological polar surface area (TPSA) is 50.9 Å². The number of ether oxygens (including phenoxy) is 1. The maximum absolute atomic E-state index is 12.8. The smallest absolute Gasteiger partial charge is 0.270 e. The molecule has 2 aliphatic heterocycles. The highest BCUT2D eigenvalue weighted by atomic mass is 16.5. The highest BCUT2D eigenvalue weighted by Gasteiger charge is 2.38. The molecule has 0 unspecified atom stereocenters. The van der Waals surface area contributed by atoms with E-state index >= 15 is 0 Å². The summed E-state index contributed by atoms with van der Waals surface area (Å²) in [4.78, 5) is 17.1. The van der Waals surface area contributed by atoms with Crippen LogP contribution >= 0.6 is 0 Å². The number of carbonyl (C=O) groups excluding carboxylic acids is 1. The highest BCUT2D eigenvalue weighted by Crippen LogP contribution is 2.26. The van der Waals surface area contributed by atoms with Gasteiger partial charge in [-0.3, -0.25) is 9.69 Å². The Labute approximate surface area is 147 Å². The predicted molar refractivity (Wildman–Crippen MR) is 93.3 cm³/mol. The third-order valence-corrected chi connectivity index (χ3v) is 5.23. The number of aromatic nitrogens is 1. The molecule has 6 heteroatoms. The van der Waals surface area contributed by atoms with E-state index in [4.69, 9.17) is 9.15 Å². The summed E-state index contributed by atoms with van der Waals surface area (Å²) in [6.07, 6.45) is 2.11. The Kier molecular flexibility index (Phi) is 4.39. The predicted octanol–water partition coefficient (Wildman–Crippen LogP) is 1.90. The van der Waals surface area contributed by atoms with Crippen molar-refractivity contribution in [1.29, 1.82) is 0 Å². The van der Waals surface area contributed by atoms with Crippen LogP contribution in [0.5, 0.6) is 0 Å². The van der Waals surface area contributed by atoms with Gasteiger partial charge in [-0.15, -0.1) is 0 Å². The van der Waals surface area contributed by atoms with E-state index in [2.05, 4.69) is 4.90 Å². The molecule has 0 aliphatic carbocycles. The number of hydrogen-bond donors (Lipinski definition) is 0. The van der Waals surface area contributed by atoms with E-state index in [-0.39, 0.29) is 12.0 Å². The zero-order chi connectivity index (χ0) is 17.4. The number of nitrogens with zero attached hydrogens (tertiary/aromatic N) is 3. The maximum atomic E-state index is 12.8. The minimum Gasteiger partial charge on any atom is -0.465 e. The summed E-state index contributed by atoms with van der Waals surface area (Å²) in [6.45, 7) is 6.61. The molecule has 0 radical (unpaired) electrons. The lowest BCUT2D eigenvalue weighted by atomic mass is 10.1. The average molecular weight is 343 g/mol. The Balaban J connectivity index is 1.42. The van der Waals surface area contributed by atoms with Crippen molar-refractivity contribution in [2.75, 3.05) is 32.8 Å². The lowest BCUT2D eigenvalue weighted by Gasteiger charge is -2.23. The first-order valence-corrected chi connectivity index (χ1v) is 8.90. The summed E-state index contributed by atoms with van der Waals surface area (Å²) < 4.78 is 13.6. The van der Waals surface area contributed by atoms with Gasteiger partial charge in [0.05, 0.1) is 19.3 Å². The van der Waals surface area contributed by atoms with Gasteiger partial charge in [-0.25, -0.2) is 0 Å². The number of hydrogen-bond acceptors (Lipinski definition) is 4. The molecule has 0 spiro atoms. The molecule has 2 atom stereocenters. The van der Waals surface area contributed by atoms with Crippen molar-refractivity contribution < 1.29 is 13.9 Å². The van der Waals surface area contributed by atoms with Crippen LogP contribution < -0.4 is 0 Å². The van der Waals surface area contributed by atoms with Crippen LogP contribution in [0.3, 0.4) is 0 Å². The van der Waals surface area contributed by atoms with Gasteiger partial charge in [-0.2, -0.15) is 0 Å². The largest absolute Gasteiger partial charge is 0.465 e. The van der Waals surface area contributed by atoms with Gasteiger partial charge >= 0.3 is 0 Å². The van der Waals surface area contributed by atoms with E-state index in [1.807, 2.05) is 53.9 Å². The fourth-order valence-corrected chi connectivity index (χ4v) is 3.93. The molecule has 2 aliphatic rings. The van der Waals surface area contributed by atoms with E-state index in [0.717, 1.165) is 43.4 Å². The molecule has 0 N–H and O–H groups in total. The molecule has 2 fully saturated rings. The maximum Gasteiger partial charge on any atom is 0.270 e. The summed E-state index contributed by atoms with van der Waals surface area (Å²) in [7, 11) is 1.91. The van der Waals surface area contributed by atoms with Crippen molar-refractivity contribution in [2.24, 2.45) is 13.0 Å². The van der Waals surface area contributed by atoms with Gasteiger partial charge in [0, 0.05) is 45.3 Å². The van der Waals surface area contributed by atoms with Crippen LogP contribution in [0.25, 0.3) is 0 Å². The third kappa shape index (κ3) is 3.37. The number of likely N-dealkylation sites (tertiary alicyclic amines) is 1. The summed E-state index contributed by atoms with van der Waals surface area (Å²) >= 11 is 0. The highest BCUT2D eigenvalue weighted by molar-refractivity contribution is 5.92. The molecule has 2 aromatic heterocycles. The number of carbonyl (C=O) groups is 1. The molecule has 4 rings (SSSR count). The first kappa shape index (κ1) is 16.4. The number of fused-ring (bicyclic) bond motifs is 1. The fourth-order valence-electron chi connectivity index (χ4n) is 3.93. The lowest BCUT2D eigenvalue weighted by molar-refractivity contribution is 0.0496. The average Bonchev–Trinajstić information content (AvgIpc) is 3.25. The molecule has 25 heavy (non-hydrogen) atoms. The molecular formula is C19H25N3O3. The third-order valence-electron chi connectivity index (χ3n) is 5.23. The van der Waals surface area contributed by atoms with E-state index in [1.54, 1.807) is 0 Å². The van der Waals surface area contributed by atoms with Crippen LogP contribution in [0.2, 0.25) is 0 Å². The Morgan fingerprint density at radius 1 is 1.24 bits per heavy atom. The van der Waals surface area contributed by atoms with Gasteiger partial charge in [0.2, 0.25) is 0 Å². The number of amides is 1. The van der Waals surface area contributed by atoms with Crippen molar-refractivity contribution >= 4 is 5.91 Å². The number of aryl methyl sites for hydroxylation is 2. The standard InChI is InChI=1S/C19H25N3O3/c1-14-5-6-16(25-14)12-21-10-15-11-22(8-9-24-18(15)13-21)19(23)17-4-3-7-20(17)2/h3-7,15,18H,8-13H2,1-2H3/t15-,18-/m1/s1. The van der Waals surface area contributed by atoms with Crippen molar-refractivity contribution in [1.82, 2.24) is 14.4 Å². The molecule has 0 saturated carbocycles. The van der Waals surface area contributed by atoms with E-state index in [0.29, 0.717) is 19.1 Å². The molecule has 134 valence electrons. The Hall–Kier alpha value is -2.05. The zero-order valence-corrected chi connectivity index (χ0v) is 14.9. The van der Waals surface area contributed by atoms with Crippen LogP contribution in [0.15, 0.2) is 34.9 Å². The van der Waals surface area contributed by atoms with E-state index < -0.39 is 0 Å². The SMILES string of the molecule is Cc1ccc(CN2C[C@@H]3CN(C(=O)c4cccn4C)CCO[C@@H]3C2)o1. The summed E-state index contributed by atoms with van der Waals surface area (Å²) in [5.41, 5.74) is 0.736. The Bertz CT molecular complexity index is 751. The van der Waals surface area contributed by atoms with Crippen molar-refractivity contribution in [3.8, 4) is 0 Å². The van der Waals surface area contributed by atoms with Gasteiger partial charge < -0.3 is 18.6 Å². The van der Waals surface area contributed by atoms with Gasteiger partial charge in [0.25, 0.3) is 5.91 Å². The Morgan fingerprint density at radius 2 is 2.12 bits per heavy atom. The van der Waals surface area contributed by atoms with E-state index in [9.17, 15) is 4.79 Å². The quantitative estimate of drug-likeness (QED) is 0.854. The number of furan rings is 1. The second kappa shape index (κ2) is 6.69. The molecule has 4 heterocycles. The summed E-state index contributed by atoms with van der Waals surface area (Å²) in [5.74, 6) is 2.38. The van der Waals surface area contributed by atoms with Gasteiger partial charge in [0.1, 0.15) is 17.2 Å². The van der Waals surface area contributed by atoms with Crippen LogP contribution in [-0.2, 0) is 18.3 Å². The first-order valence-electron chi connectivity index (χ1n) is 8.90. The second-order valence-corrected chi connectivity index (χ2v) is 7.13. The normalized spacial score (nSPS) is 24.3. The molecule has 1 amide bonds. The second-order valence-electron chi connectivity index (χ2n) is 7.13. The van der Waals surface area contributed by atoms with Gasteiger partial charge in [0.15, 0.2) is 0 Å². The molecule has 2 saturated heterocycles. The molecule has 0 aromatic carbocycles. The Morgan fingerprint density at radius 3 is 2.84 bits per heavy atom. The fraction of sp³-hybridized carbons (Fsp3) is 0.526.